The van der Waals surface area contributed by atoms with Crippen molar-refractivity contribution < 1.29 is 5.11 Å². The summed E-state index contributed by atoms with van der Waals surface area (Å²) in [7, 11) is 0. The van der Waals surface area contributed by atoms with E-state index < -0.39 is 5.60 Å². The summed E-state index contributed by atoms with van der Waals surface area (Å²) in [5.41, 5.74) is 1.89. The fourth-order valence-electron chi connectivity index (χ4n) is 1.73. The molecular weight excluding hydrogens is 184 g/mol. The van der Waals surface area contributed by atoms with Crippen LogP contribution in [0.25, 0.3) is 0 Å². The first-order chi connectivity index (χ1) is 6.95. The smallest absolute Gasteiger partial charge is 0.0685 e. The Balaban J connectivity index is 2.72. The monoisotopic (exact) mass is 206 g/mol. The summed E-state index contributed by atoms with van der Waals surface area (Å²) in [6, 6.07) is 8.41. The molecule has 0 fully saturated rings. The Kier molecular flexibility index (Phi) is 3.92. The van der Waals surface area contributed by atoms with E-state index in [-0.39, 0.29) is 0 Å². The number of hydrogen-bond donors (Lipinski definition) is 1. The minimum absolute atomic E-state index is 0.332. The van der Waals surface area contributed by atoms with E-state index in [1.54, 1.807) is 0 Å². The van der Waals surface area contributed by atoms with Crippen LogP contribution in [0.2, 0.25) is 0 Å². The molecule has 0 aliphatic heterocycles. The van der Waals surface area contributed by atoms with Crippen molar-refractivity contribution in [3.63, 3.8) is 0 Å². The molecule has 0 spiro atoms. The number of aliphatic hydroxyl groups is 1. The topological polar surface area (TPSA) is 20.2 Å². The molecule has 0 heterocycles. The van der Waals surface area contributed by atoms with E-state index in [9.17, 15) is 5.11 Å². The molecule has 1 rings (SSSR count). The lowest BCUT2D eigenvalue weighted by molar-refractivity contribution is 0.00517. The van der Waals surface area contributed by atoms with Crippen molar-refractivity contribution in [2.45, 2.75) is 46.1 Å². The van der Waals surface area contributed by atoms with Gasteiger partial charge >= 0.3 is 0 Å². The lowest BCUT2D eigenvalue weighted by atomic mass is 9.83. The van der Waals surface area contributed by atoms with Gasteiger partial charge in [0.1, 0.15) is 0 Å². The van der Waals surface area contributed by atoms with Crippen LogP contribution < -0.4 is 0 Å². The van der Waals surface area contributed by atoms with E-state index in [1.165, 1.54) is 11.1 Å². The van der Waals surface area contributed by atoms with Crippen LogP contribution in [0.15, 0.2) is 24.3 Å². The minimum Gasteiger partial charge on any atom is -0.390 e. The lowest BCUT2D eigenvalue weighted by Crippen LogP contribution is -2.34. The number of aryl methyl sites for hydroxylation is 1. The number of benzene rings is 1. The van der Waals surface area contributed by atoms with Crippen LogP contribution in [-0.4, -0.2) is 10.7 Å². The zero-order chi connectivity index (χ0) is 11.5. The van der Waals surface area contributed by atoms with Gasteiger partial charge in [-0.15, -0.1) is 0 Å². The molecule has 84 valence electrons. The van der Waals surface area contributed by atoms with Crippen LogP contribution in [-0.2, 0) is 6.42 Å². The Morgan fingerprint density at radius 3 is 2.27 bits per heavy atom. The van der Waals surface area contributed by atoms with Crippen LogP contribution >= 0.6 is 0 Å². The molecule has 2 unspecified atom stereocenters. The van der Waals surface area contributed by atoms with Crippen molar-refractivity contribution in [1.29, 1.82) is 0 Å². The van der Waals surface area contributed by atoms with Gasteiger partial charge in [0.2, 0.25) is 0 Å². The maximum absolute atomic E-state index is 10.3. The molecule has 0 saturated carbocycles. The zero-order valence-electron chi connectivity index (χ0n) is 10.2. The predicted molar refractivity (Wildman–Crippen MR) is 65.0 cm³/mol. The van der Waals surface area contributed by atoms with Gasteiger partial charge in [-0.05, 0) is 25.3 Å². The third-order valence-corrected chi connectivity index (χ3v) is 3.36. The van der Waals surface area contributed by atoms with Crippen molar-refractivity contribution in [3.8, 4) is 0 Å². The van der Waals surface area contributed by atoms with E-state index in [4.69, 9.17) is 0 Å². The lowest BCUT2D eigenvalue weighted by Gasteiger charge is -2.29. The van der Waals surface area contributed by atoms with Crippen LogP contribution in [0.5, 0.6) is 0 Å². The summed E-state index contributed by atoms with van der Waals surface area (Å²) in [6.07, 6.45) is 1.75. The van der Waals surface area contributed by atoms with Crippen molar-refractivity contribution >= 4 is 0 Å². The third kappa shape index (κ3) is 3.35. The molecular formula is C14H22O. The van der Waals surface area contributed by atoms with Crippen molar-refractivity contribution in [3.05, 3.63) is 35.4 Å². The second kappa shape index (κ2) is 4.80. The molecule has 0 aliphatic carbocycles. The number of rotatable bonds is 4. The van der Waals surface area contributed by atoms with E-state index in [1.807, 2.05) is 6.92 Å². The van der Waals surface area contributed by atoms with Crippen molar-refractivity contribution in [2.24, 2.45) is 5.92 Å². The van der Waals surface area contributed by atoms with Crippen molar-refractivity contribution in [1.82, 2.24) is 0 Å². The highest BCUT2D eigenvalue weighted by Gasteiger charge is 2.26. The van der Waals surface area contributed by atoms with Gasteiger partial charge in [0.15, 0.2) is 0 Å². The summed E-state index contributed by atoms with van der Waals surface area (Å²) in [5.74, 6) is 0.332. The standard InChI is InChI=1S/C14H22O/c1-5-12(3)14(4,15)10-13-8-6-11(2)7-9-13/h6-9,12,15H,5,10H2,1-4H3. The van der Waals surface area contributed by atoms with Gasteiger partial charge < -0.3 is 5.11 Å². The fourth-order valence-corrected chi connectivity index (χ4v) is 1.73. The average Bonchev–Trinajstić information content (AvgIpc) is 2.20. The van der Waals surface area contributed by atoms with Gasteiger partial charge in [-0.1, -0.05) is 50.1 Å². The summed E-state index contributed by atoms with van der Waals surface area (Å²) in [4.78, 5) is 0. The van der Waals surface area contributed by atoms with E-state index in [0.717, 1.165) is 12.8 Å². The third-order valence-electron chi connectivity index (χ3n) is 3.36. The zero-order valence-corrected chi connectivity index (χ0v) is 10.2. The highest BCUT2D eigenvalue weighted by molar-refractivity contribution is 5.22. The number of hydrogen-bond acceptors (Lipinski definition) is 1. The van der Waals surface area contributed by atoms with Crippen LogP contribution in [0, 0.1) is 12.8 Å². The molecule has 1 nitrogen and oxygen atoms in total. The van der Waals surface area contributed by atoms with E-state index >= 15 is 0 Å². The molecule has 0 amide bonds. The first kappa shape index (κ1) is 12.3. The van der Waals surface area contributed by atoms with E-state index in [0.29, 0.717) is 5.92 Å². The fraction of sp³-hybridized carbons (Fsp3) is 0.571. The summed E-state index contributed by atoms with van der Waals surface area (Å²) >= 11 is 0. The summed E-state index contributed by atoms with van der Waals surface area (Å²) < 4.78 is 0. The summed E-state index contributed by atoms with van der Waals surface area (Å²) in [5, 5.41) is 10.3. The molecule has 0 bridgehead atoms. The molecule has 0 aromatic heterocycles. The Morgan fingerprint density at radius 2 is 1.80 bits per heavy atom. The Morgan fingerprint density at radius 1 is 1.27 bits per heavy atom. The molecule has 0 saturated heterocycles. The maximum atomic E-state index is 10.3. The predicted octanol–water partition coefficient (Wildman–Crippen LogP) is 3.33. The first-order valence-corrected chi connectivity index (χ1v) is 5.73. The molecule has 1 heteroatoms. The second-order valence-corrected chi connectivity index (χ2v) is 4.83. The van der Waals surface area contributed by atoms with Gasteiger partial charge in [0, 0.05) is 6.42 Å². The average molecular weight is 206 g/mol. The largest absolute Gasteiger partial charge is 0.390 e. The van der Waals surface area contributed by atoms with Crippen LogP contribution in [0.4, 0.5) is 0 Å². The maximum Gasteiger partial charge on any atom is 0.0685 e. The molecule has 0 radical (unpaired) electrons. The highest BCUT2D eigenvalue weighted by atomic mass is 16.3. The Hall–Kier alpha value is -0.820. The van der Waals surface area contributed by atoms with Gasteiger partial charge in [-0.25, -0.2) is 0 Å². The van der Waals surface area contributed by atoms with Crippen LogP contribution in [0.3, 0.4) is 0 Å². The van der Waals surface area contributed by atoms with Gasteiger partial charge in [-0.2, -0.15) is 0 Å². The normalized spacial score (nSPS) is 17.1. The molecule has 1 aromatic rings. The van der Waals surface area contributed by atoms with Crippen molar-refractivity contribution in [2.75, 3.05) is 0 Å². The highest BCUT2D eigenvalue weighted by Crippen LogP contribution is 2.24. The molecule has 2 atom stereocenters. The quantitative estimate of drug-likeness (QED) is 0.801. The molecule has 1 aromatic carbocycles. The Labute approximate surface area is 93.1 Å². The first-order valence-electron chi connectivity index (χ1n) is 5.73. The molecule has 0 aliphatic rings. The molecule has 15 heavy (non-hydrogen) atoms. The van der Waals surface area contributed by atoms with Crippen LogP contribution in [0.1, 0.15) is 38.3 Å². The SMILES string of the molecule is CCC(C)C(C)(O)Cc1ccc(C)cc1. The van der Waals surface area contributed by atoms with Gasteiger partial charge in [0.25, 0.3) is 0 Å². The Bertz CT molecular complexity index is 298. The van der Waals surface area contributed by atoms with Gasteiger partial charge in [-0.3, -0.25) is 0 Å². The van der Waals surface area contributed by atoms with Gasteiger partial charge in [0.05, 0.1) is 5.60 Å². The summed E-state index contributed by atoms with van der Waals surface area (Å²) in [6.45, 7) is 8.24. The van der Waals surface area contributed by atoms with E-state index in [2.05, 4.69) is 45.0 Å². The minimum atomic E-state index is -0.593. The molecule has 1 N–H and O–H groups in total. The second-order valence-electron chi connectivity index (χ2n) is 4.83.